The molecule has 0 aliphatic carbocycles. The Bertz CT molecular complexity index is 960. The van der Waals surface area contributed by atoms with E-state index in [9.17, 15) is 9.90 Å². The van der Waals surface area contributed by atoms with Gasteiger partial charge in [-0.15, -0.1) is 0 Å². The Balaban J connectivity index is 1.57. The lowest BCUT2D eigenvalue weighted by atomic mass is 10.2. The Hall–Kier alpha value is -3.46. The Morgan fingerprint density at radius 1 is 1.27 bits per heavy atom. The summed E-state index contributed by atoms with van der Waals surface area (Å²) >= 11 is 0. The standard InChI is InChI=1S/C21H26N6O3/c1-15(2)26(13-18(28)14-30-19-7-4-6-16(3)10-19)21(29)25-17-11-24-27(12-17)20-22-8-5-9-23-20/h4-12,15,18,28H,13-14H2,1-3H3,(H,25,29). The molecule has 158 valence electrons. The molecule has 1 aromatic carbocycles. The number of carbonyl (C=O) groups excluding carboxylic acids is 1. The van der Waals surface area contributed by atoms with Crippen molar-refractivity contribution in [3.63, 3.8) is 0 Å². The molecule has 0 aliphatic heterocycles. The van der Waals surface area contributed by atoms with Crippen molar-refractivity contribution in [2.75, 3.05) is 18.5 Å². The molecule has 2 aromatic heterocycles. The number of urea groups is 1. The quantitative estimate of drug-likeness (QED) is 0.591. The van der Waals surface area contributed by atoms with Crippen LogP contribution < -0.4 is 10.1 Å². The van der Waals surface area contributed by atoms with Gasteiger partial charge in [0.25, 0.3) is 0 Å². The van der Waals surface area contributed by atoms with E-state index >= 15 is 0 Å². The molecule has 1 unspecified atom stereocenters. The molecule has 9 nitrogen and oxygen atoms in total. The molecule has 0 saturated heterocycles. The fraction of sp³-hybridized carbons (Fsp3) is 0.333. The smallest absolute Gasteiger partial charge is 0.322 e. The third-order valence-corrected chi connectivity index (χ3v) is 4.31. The van der Waals surface area contributed by atoms with E-state index in [1.807, 2.05) is 45.0 Å². The normalized spacial score (nSPS) is 11.9. The molecule has 0 spiro atoms. The van der Waals surface area contributed by atoms with Gasteiger partial charge in [0.2, 0.25) is 5.95 Å². The number of aromatic nitrogens is 4. The lowest BCUT2D eigenvalue weighted by Crippen LogP contribution is -2.45. The number of aryl methyl sites for hydroxylation is 1. The first-order valence-corrected chi connectivity index (χ1v) is 9.69. The zero-order chi connectivity index (χ0) is 21.5. The van der Waals surface area contributed by atoms with Crippen molar-refractivity contribution in [2.45, 2.75) is 32.9 Å². The second kappa shape index (κ2) is 9.84. The summed E-state index contributed by atoms with van der Waals surface area (Å²) in [6.07, 6.45) is 5.54. The van der Waals surface area contributed by atoms with E-state index in [0.29, 0.717) is 17.4 Å². The van der Waals surface area contributed by atoms with Crippen LogP contribution in [0.15, 0.2) is 55.1 Å². The Morgan fingerprint density at radius 3 is 2.73 bits per heavy atom. The van der Waals surface area contributed by atoms with Crippen LogP contribution in [0.5, 0.6) is 5.75 Å². The molecular weight excluding hydrogens is 384 g/mol. The van der Waals surface area contributed by atoms with E-state index in [1.54, 1.807) is 29.6 Å². The molecule has 2 N–H and O–H groups in total. The van der Waals surface area contributed by atoms with Crippen molar-refractivity contribution in [1.29, 1.82) is 0 Å². The van der Waals surface area contributed by atoms with Crippen molar-refractivity contribution in [3.05, 3.63) is 60.7 Å². The number of rotatable bonds is 8. The van der Waals surface area contributed by atoms with E-state index < -0.39 is 6.10 Å². The minimum absolute atomic E-state index is 0.0865. The average Bonchev–Trinajstić information content (AvgIpc) is 3.19. The summed E-state index contributed by atoms with van der Waals surface area (Å²) in [6.45, 7) is 5.96. The molecule has 0 aliphatic rings. The summed E-state index contributed by atoms with van der Waals surface area (Å²) < 4.78 is 7.12. The predicted molar refractivity (Wildman–Crippen MR) is 113 cm³/mol. The topological polar surface area (TPSA) is 105 Å². The lowest BCUT2D eigenvalue weighted by molar-refractivity contribution is 0.0717. The van der Waals surface area contributed by atoms with Crippen LogP contribution in [0.25, 0.3) is 5.95 Å². The molecule has 0 radical (unpaired) electrons. The highest BCUT2D eigenvalue weighted by Crippen LogP contribution is 2.14. The van der Waals surface area contributed by atoms with Crippen molar-refractivity contribution in [1.82, 2.24) is 24.6 Å². The highest BCUT2D eigenvalue weighted by Gasteiger charge is 2.21. The van der Waals surface area contributed by atoms with E-state index in [2.05, 4.69) is 20.4 Å². The van der Waals surface area contributed by atoms with Gasteiger partial charge in [0.15, 0.2) is 0 Å². The number of carbonyl (C=O) groups is 1. The molecule has 2 heterocycles. The van der Waals surface area contributed by atoms with Gasteiger partial charge in [-0.05, 0) is 44.5 Å². The molecule has 1 atom stereocenters. The highest BCUT2D eigenvalue weighted by molar-refractivity contribution is 5.89. The maximum Gasteiger partial charge on any atom is 0.322 e. The number of nitrogens with zero attached hydrogens (tertiary/aromatic N) is 5. The number of ether oxygens (including phenoxy) is 1. The molecule has 0 bridgehead atoms. The van der Waals surface area contributed by atoms with E-state index in [1.165, 1.54) is 10.9 Å². The summed E-state index contributed by atoms with van der Waals surface area (Å²) in [4.78, 5) is 22.5. The summed E-state index contributed by atoms with van der Waals surface area (Å²) in [7, 11) is 0. The summed E-state index contributed by atoms with van der Waals surface area (Å²) in [5.41, 5.74) is 1.58. The van der Waals surface area contributed by atoms with Gasteiger partial charge in [-0.2, -0.15) is 5.10 Å². The molecule has 3 aromatic rings. The van der Waals surface area contributed by atoms with Gasteiger partial charge >= 0.3 is 6.03 Å². The van der Waals surface area contributed by atoms with Gasteiger partial charge in [-0.25, -0.2) is 19.4 Å². The number of hydrogen-bond acceptors (Lipinski definition) is 6. The van der Waals surface area contributed by atoms with Crippen LogP contribution >= 0.6 is 0 Å². The van der Waals surface area contributed by atoms with E-state index in [-0.39, 0.29) is 25.2 Å². The monoisotopic (exact) mass is 410 g/mol. The van der Waals surface area contributed by atoms with Gasteiger partial charge in [0.1, 0.15) is 18.5 Å². The van der Waals surface area contributed by atoms with Crippen molar-refractivity contribution in [2.24, 2.45) is 0 Å². The molecule has 0 saturated carbocycles. The van der Waals surface area contributed by atoms with Gasteiger partial charge in [-0.1, -0.05) is 12.1 Å². The zero-order valence-corrected chi connectivity index (χ0v) is 17.3. The maximum absolute atomic E-state index is 12.7. The number of benzene rings is 1. The first-order valence-electron chi connectivity index (χ1n) is 9.69. The highest BCUT2D eigenvalue weighted by atomic mass is 16.5. The van der Waals surface area contributed by atoms with Gasteiger partial charge in [-0.3, -0.25) is 0 Å². The molecule has 3 rings (SSSR count). The summed E-state index contributed by atoms with van der Waals surface area (Å²) in [5.74, 6) is 1.09. The van der Waals surface area contributed by atoms with Crippen molar-refractivity contribution in [3.8, 4) is 11.7 Å². The third-order valence-electron chi connectivity index (χ3n) is 4.31. The number of anilines is 1. The van der Waals surface area contributed by atoms with E-state index in [0.717, 1.165) is 5.56 Å². The minimum atomic E-state index is -0.834. The fourth-order valence-corrected chi connectivity index (χ4v) is 2.81. The Kier molecular flexibility index (Phi) is 6.97. The van der Waals surface area contributed by atoms with Gasteiger partial charge in [0.05, 0.1) is 24.6 Å². The Labute approximate surface area is 175 Å². The first kappa shape index (κ1) is 21.3. The number of aliphatic hydroxyl groups excluding tert-OH is 1. The van der Waals surface area contributed by atoms with Crippen molar-refractivity contribution < 1.29 is 14.6 Å². The van der Waals surface area contributed by atoms with Gasteiger partial charge in [0, 0.05) is 18.4 Å². The number of nitrogens with one attached hydrogen (secondary N) is 1. The second-order valence-corrected chi connectivity index (χ2v) is 7.18. The average molecular weight is 410 g/mol. The largest absolute Gasteiger partial charge is 0.491 e. The molecule has 30 heavy (non-hydrogen) atoms. The maximum atomic E-state index is 12.7. The second-order valence-electron chi connectivity index (χ2n) is 7.18. The van der Waals surface area contributed by atoms with Crippen LogP contribution in [0.2, 0.25) is 0 Å². The SMILES string of the molecule is Cc1cccc(OCC(O)CN(C(=O)Nc2cnn(-c3ncccn3)c2)C(C)C)c1. The third kappa shape index (κ3) is 5.77. The predicted octanol–water partition coefficient (Wildman–Crippen LogP) is 2.65. The van der Waals surface area contributed by atoms with Gasteiger partial charge < -0.3 is 20.1 Å². The molecule has 2 amide bonds. The zero-order valence-electron chi connectivity index (χ0n) is 17.3. The lowest BCUT2D eigenvalue weighted by Gasteiger charge is -2.28. The fourth-order valence-electron chi connectivity index (χ4n) is 2.81. The Morgan fingerprint density at radius 2 is 2.03 bits per heavy atom. The van der Waals surface area contributed by atoms with Crippen LogP contribution in [0.4, 0.5) is 10.5 Å². The summed E-state index contributed by atoms with van der Waals surface area (Å²) in [6, 6.07) is 8.85. The first-order chi connectivity index (χ1) is 14.4. The molecule has 0 fully saturated rings. The number of aliphatic hydroxyl groups is 1. The minimum Gasteiger partial charge on any atom is -0.491 e. The van der Waals surface area contributed by atoms with E-state index in [4.69, 9.17) is 4.74 Å². The van der Waals surface area contributed by atoms with Crippen molar-refractivity contribution >= 4 is 11.7 Å². The van der Waals surface area contributed by atoms with Crippen LogP contribution in [-0.2, 0) is 0 Å². The van der Waals surface area contributed by atoms with Crippen LogP contribution in [0.3, 0.4) is 0 Å². The summed E-state index contributed by atoms with van der Waals surface area (Å²) in [5, 5.41) is 17.3. The van der Waals surface area contributed by atoms with Crippen LogP contribution in [-0.4, -0.2) is 61.1 Å². The van der Waals surface area contributed by atoms with Crippen LogP contribution in [0, 0.1) is 6.92 Å². The number of hydrogen-bond donors (Lipinski definition) is 2. The molecule has 9 heteroatoms. The molecular formula is C21H26N6O3. The number of amides is 2. The van der Waals surface area contributed by atoms with Crippen LogP contribution in [0.1, 0.15) is 19.4 Å².